The SMILES string of the molecule is COc1c(C=CC(C)(CO)OC)ccc2c1C(=O)OCc1cc(C)cc(O)c1O2. The van der Waals surface area contributed by atoms with Gasteiger partial charge in [0, 0.05) is 18.2 Å². The Morgan fingerprint density at radius 2 is 2.03 bits per heavy atom. The van der Waals surface area contributed by atoms with Crippen LogP contribution in [0.15, 0.2) is 30.3 Å². The molecule has 0 radical (unpaired) electrons. The summed E-state index contributed by atoms with van der Waals surface area (Å²) in [7, 11) is 2.94. The van der Waals surface area contributed by atoms with Gasteiger partial charge in [0.25, 0.3) is 0 Å². The minimum absolute atomic E-state index is 0.0364. The van der Waals surface area contributed by atoms with Crippen molar-refractivity contribution in [1.29, 1.82) is 0 Å². The molecule has 1 heterocycles. The number of aliphatic hydroxyl groups is 1. The second-order valence-corrected chi connectivity index (χ2v) is 7.02. The van der Waals surface area contributed by atoms with Crippen LogP contribution in [-0.2, 0) is 16.1 Å². The predicted octanol–water partition coefficient (Wildman–Crippen LogP) is 3.58. The Morgan fingerprint density at radius 1 is 1.28 bits per heavy atom. The molecule has 154 valence electrons. The monoisotopic (exact) mass is 400 g/mol. The van der Waals surface area contributed by atoms with E-state index in [1.165, 1.54) is 14.2 Å². The number of phenols is 1. The van der Waals surface area contributed by atoms with Crippen molar-refractivity contribution in [2.45, 2.75) is 26.1 Å². The first-order valence-electron chi connectivity index (χ1n) is 9.05. The maximum Gasteiger partial charge on any atom is 0.346 e. The number of carbonyl (C=O) groups excluding carboxylic acids is 1. The third-order valence-electron chi connectivity index (χ3n) is 4.82. The molecule has 2 aromatic rings. The molecule has 0 aromatic heterocycles. The maximum absolute atomic E-state index is 12.7. The van der Waals surface area contributed by atoms with Gasteiger partial charge < -0.3 is 29.2 Å². The summed E-state index contributed by atoms with van der Waals surface area (Å²) in [4.78, 5) is 12.7. The van der Waals surface area contributed by atoms with Crippen LogP contribution < -0.4 is 9.47 Å². The lowest BCUT2D eigenvalue weighted by Gasteiger charge is -2.23. The standard InChI is InChI=1S/C22H24O7/c1-13-9-15-11-28-21(25)18-17(29-19(15)16(24)10-13)6-5-14(20(18)26-3)7-8-22(2,12-23)27-4/h5-10,23-24H,11-12H2,1-4H3. The first-order valence-corrected chi connectivity index (χ1v) is 9.05. The Kier molecular flexibility index (Phi) is 5.81. The van der Waals surface area contributed by atoms with E-state index in [-0.39, 0.29) is 41.8 Å². The van der Waals surface area contributed by atoms with Crippen LogP contribution in [0, 0.1) is 6.92 Å². The quantitative estimate of drug-likeness (QED) is 0.741. The largest absolute Gasteiger partial charge is 0.504 e. The van der Waals surface area contributed by atoms with Crippen LogP contribution in [0.25, 0.3) is 6.08 Å². The van der Waals surface area contributed by atoms with Crippen molar-refractivity contribution in [2.75, 3.05) is 20.8 Å². The fraction of sp³-hybridized carbons (Fsp3) is 0.318. The third kappa shape index (κ3) is 4.06. The topological polar surface area (TPSA) is 94.5 Å². The molecule has 0 amide bonds. The summed E-state index contributed by atoms with van der Waals surface area (Å²) >= 11 is 0. The molecule has 2 N–H and O–H groups in total. The van der Waals surface area contributed by atoms with Gasteiger partial charge in [0.05, 0.1) is 13.7 Å². The number of ether oxygens (including phenoxy) is 4. The number of esters is 1. The van der Waals surface area contributed by atoms with Crippen molar-refractivity contribution in [1.82, 2.24) is 0 Å². The van der Waals surface area contributed by atoms with Crippen molar-refractivity contribution in [3.05, 3.63) is 52.6 Å². The number of rotatable bonds is 5. The van der Waals surface area contributed by atoms with Crippen molar-refractivity contribution in [2.24, 2.45) is 0 Å². The fourth-order valence-corrected chi connectivity index (χ4v) is 3.04. The highest BCUT2D eigenvalue weighted by molar-refractivity contribution is 5.97. The lowest BCUT2D eigenvalue weighted by Crippen LogP contribution is -2.28. The van der Waals surface area contributed by atoms with Gasteiger partial charge in [0.2, 0.25) is 0 Å². The Labute approximate surface area is 169 Å². The van der Waals surface area contributed by atoms with Crippen molar-refractivity contribution < 1.29 is 34.0 Å². The number of carbonyl (C=O) groups is 1. The number of fused-ring (bicyclic) bond motifs is 2. The van der Waals surface area contributed by atoms with E-state index in [2.05, 4.69) is 0 Å². The number of aliphatic hydroxyl groups excluding tert-OH is 1. The molecule has 0 saturated heterocycles. The molecule has 7 nitrogen and oxygen atoms in total. The zero-order valence-corrected chi connectivity index (χ0v) is 16.8. The van der Waals surface area contributed by atoms with Crippen molar-refractivity contribution in [3.8, 4) is 23.0 Å². The number of hydrogen-bond acceptors (Lipinski definition) is 7. The average molecular weight is 400 g/mol. The highest BCUT2D eigenvalue weighted by atomic mass is 16.5. The van der Waals surface area contributed by atoms with E-state index in [4.69, 9.17) is 18.9 Å². The molecule has 29 heavy (non-hydrogen) atoms. The van der Waals surface area contributed by atoms with Gasteiger partial charge in [0.15, 0.2) is 11.5 Å². The van der Waals surface area contributed by atoms with E-state index >= 15 is 0 Å². The normalized spacial score (nSPS) is 15.4. The van der Waals surface area contributed by atoms with Crippen LogP contribution in [0.2, 0.25) is 0 Å². The summed E-state index contributed by atoms with van der Waals surface area (Å²) in [6, 6.07) is 6.69. The van der Waals surface area contributed by atoms with Gasteiger partial charge in [-0.2, -0.15) is 0 Å². The lowest BCUT2D eigenvalue weighted by molar-refractivity contribution is 0.00103. The van der Waals surface area contributed by atoms with E-state index in [9.17, 15) is 15.0 Å². The molecule has 2 aromatic carbocycles. The Balaban J connectivity index is 2.11. The van der Waals surface area contributed by atoms with E-state index < -0.39 is 11.6 Å². The van der Waals surface area contributed by atoms with Gasteiger partial charge in [-0.15, -0.1) is 0 Å². The van der Waals surface area contributed by atoms with Gasteiger partial charge in [-0.05, 0) is 43.7 Å². The minimum atomic E-state index is -0.880. The number of benzene rings is 2. The fourth-order valence-electron chi connectivity index (χ4n) is 3.04. The number of aromatic hydroxyl groups is 1. The minimum Gasteiger partial charge on any atom is -0.504 e. The highest BCUT2D eigenvalue weighted by Gasteiger charge is 2.28. The van der Waals surface area contributed by atoms with E-state index in [0.29, 0.717) is 11.1 Å². The molecular formula is C22H24O7. The van der Waals surface area contributed by atoms with Gasteiger partial charge in [0.1, 0.15) is 29.3 Å². The Morgan fingerprint density at radius 3 is 2.69 bits per heavy atom. The molecular weight excluding hydrogens is 376 g/mol. The molecule has 0 spiro atoms. The molecule has 0 saturated carbocycles. The second kappa shape index (κ2) is 8.14. The van der Waals surface area contributed by atoms with E-state index in [1.807, 2.05) is 6.92 Å². The smallest absolute Gasteiger partial charge is 0.346 e. The first kappa shape index (κ1) is 20.7. The molecule has 0 bridgehead atoms. The van der Waals surface area contributed by atoms with Crippen LogP contribution >= 0.6 is 0 Å². The van der Waals surface area contributed by atoms with Crippen LogP contribution in [0.1, 0.15) is 34.0 Å². The lowest BCUT2D eigenvalue weighted by atomic mass is 10.0. The molecule has 3 rings (SSSR count). The summed E-state index contributed by atoms with van der Waals surface area (Å²) < 4.78 is 22.1. The zero-order chi connectivity index (χ0) is 21.2. The number of methoxy groups -OCH3 is 2. The zero-order valence-electron chi connectivity index (χ0n) is 16.8. The van der Waals surface area contributed by atoms with E-state index in [0.717, 1.165) is 5.56 Å². The molecule has 0 aliphatic carbocycles. The summed E-state index contributed by atoms with van der Waals surface area (Å²) in [5.41, 5.74) is 1.21. The molecule has 1 aliphatic heterocycles. The van der Waals surface area contributed by atoms with Gasteiger partial charge >= 0.3 is 5.97 Å². The molecule has 1 unspecified atom stereocenters. The molecule has 7 heteroatoms. The molecule has 1 aliphatic rings. The average Bonchev–Trinajstić information content (AvgIpc) is 2.71. The maximum atomic E-state index is 12.7. The van der Waals surface area contributed by atoms with Crippen LogP contribution in [-0.4, -0.2) is 42.6 Å². The summed E-state index contributed by atoms with van der Waals surface area (Å²) in [5.74, 6) is 0.0685. The number of hydrogen-bond donors (Lipinski definition) is 2. The molecule has 0 fully saturated rings. The number of phenolic OH excluding ortho intramolecular Hbond substituents is 1. The van der Waals surface area contributed by atoms with Crippen LogP contribution in [0.4, 0.5) is 0 Å². The number of cyclic esters (lactones) is 1. The Hall–Kier alpha value is -3.03. The van der Waals surface area contributed by atoms with Gasteiger partial charge in [-0.3, -0.25) is 0 Å². The first-order chi connectivity index (χ1) is 13.8. The summed E-state index contributed by atoms with van der Waals surface area (Å²) in [5, 5.41) is 19.8. The third-order valence-corrected chi connectivity index (χ3v) is 4.82. The van der Waals surface area contributed by atoms with E-state index in [1.54, 1.807) is 43.3 Å². The molecule has 1 atom stereocenters. The second-order valence-electron chi connectivity index (χ2n) is 7.02. The van der Waals surface area contributed by atoms with Crippen molar-refractivity contribution in [3.63, 3.8) is 0 Å². The van der Waals surface area contributed by atoms with Gasteiger partial charge in [-0.1, -0.05) is 12.2 Å². The Bertz CT molecular complexity index is 958. The summed E-state index contributed by atoms with van der Waals surface area (Å²) in [6.45, 7) is 3.30. The number of aryl methyl sites for hydroxylation is 1. The van der Waals surface area contributed by atoms with Crippen LogP contribution in [0.3, 0.4) is 0 Å². The van der Waals surface area contributed by atoms with Crippen molar-refractivity contribution >= 4 is 12.0 Å². The van der Waals surface area contributed by atoms with Gasteiger partial charge in [-0.25, -0.2) is 4.79 Å². The summed E-state index contributed by atoms with van der Waals surface area (Å²) in [6.07, 6.45) is 3.37. The van der Waals surface area contributed by atoms with Crippen LogP contribution in [0.5, 0.6) is 23.0 Å². The highest BCUT2D eigenvalue weighted by Crippen LogP contribution is 2.42. The predicted molar refractivity (Wildman–Crippen MR) is 107 cm³/mol.